The smallest absolute Gasteiger partial charge is 0.211 e. The monoisotopic (exact) mass is 262 g/mol. The van der Waals surface area contributed by atoms with E-state index in [1.807, 2.05) is 0 Å². The molecule has 17 heavy (non-hydrogen) atoms. The molecule has 0 saturated heterocycles. The van der Waals surface area contributed by atoms with E-state index in [2.05, 4.69) is 6.92 Å². The Morgan fingerprint density at radius 3 is 1.71 bits per heavy atom. The average molecular weight is 262 g/mol. The fourth-order valence-corrected chi connectivity index (χ4v) is 2.37. The molecule has 103 valence electrons. The Morgan fingerprint density at radius 1 is 0.882 bits per heavy atom. The molecular weight excluding hydrogens is 234 g/mol. The van der Waals surface area contributed by atoms with E-state index in [9.17, 15) is 8.42 Å². The molecule has 1 unspecified atom stereocenters. The first kappa shape index (κ1) is 16.9. The molecular formula is C13H28NO2S. The molecule has 0 aliphatic rings. The second kappa shape index (κ2) is 9.89. The van der Waals surface area contributed by atoms with Crippen LogP contribution in [0.2, 0.25) is 0 Å². The zero-order valence-corrected chi connectivity index (χ0v) is 12.2. The van der Waals surface area contributed by atoms with Crippen molar-refractivity contribution in [2.75, 3.05) is 0 Å². The predicted molar refractivity (Wildman–Crippen MR) is 73.3 cm³/mol. The minimum atomic E-state index is -3.56. The van der Waals surface area contributed by atoms with Crippen LogP contribution in [0.3, 0.4) is 0 Å². The highest BCUT2D eigenvalue weighted by atomic mass is 32.2. The molecule has 4 heteroatoms. The Hall–Kier alpha value is -0.0900. The van der Waals surface area contributed by atoms with E-state index in [1.165, 1.54) is 44.9 Å². The van der Waals surface area contributed by atoms with Crippen molar-refractivity contribution < 1.29 is 8.42 Å². The largest absolute Gasteiger partial charge is 0.227 e. The molecule has 0 amide bonds. The summed E-state index contributed by atoms with van der Waals surface area (Å²) in [5.41, 5.74) is 0. The molecule has 0 saturated carbocycles. The minimum Gasteiger partial charge on any atom is -0.211 e. The molecule has 0 aromatic carbocycles. The van der Waals surface area contributed by atoms with Crippen LogP contribution in [0.5, 0.6) is 0 Å². The van der Waals surface area contributed by atoms with Gasteiger partial charge in [0.05, 0.1) is 5.25 Å². The Bertz CT molecular complexity index is 263. The second-order valence-corrected chi connectivity index (χ2v) is 6.87. The van der Waals surface area contributed by atoms with E-state index in [4.69, 9.17) is 5.14 Å². The Labute approximate surface area is 107 Å². The number of hydrogen-bond donors (Lipinski definition) is 0. The van der Waals surface area contributed by atoms with Gasteiger partial charge < -0.3 is 0 Å². The highest BCUT2D eigenvalue weighted by Crippen LogP contribution is 2.13. The summed E-state index contributed by atoms with van der Waals surface area (Å²) in [6.45, 7) is 3.86. The fourth-order valence-electron chi connectivity index (χ4n) is 1.90. The SMILES string of the molecule is CCCCCCCCCCCC(C)S([NH])(=O)=O. The molecule has 0 bridgehead atoms. The van der Waals surface area contributed by atoms with E-state index >= 15 is 0 Å². The molecule has 1 atom stereocenters. The molecule has 0 aliphatic carbocycles. The molecule has 0 aliphatic heterocycles. The number of sulfonamides is 1. The van der Waals surface area contributed by atoms with E-state index < -0.39 is 15.3 Å². The average Bonchev–Trinajstić information content (AvgIpc) is 2.25. The molecule has 0 fully saturated rings. The Kier molecular flexibility index (Phi) is 9.84. The lowest BCUT2D eigenvalue weighted by Gasteiger charge is -2.07. The van der Waals surface area contributed by atoms with Crippen molar-refractivity contribution in [2.24, 2.45) is 0 Å². The molecule has 0 spiro atoms. The maximum Gasteiger partial charge on any atom is 0.227 e. The second-order valence-electron chi connectivity index (χ2n) is 4.97. The van der Waals surface area contributed by atoms with Crippen molar-refractivity contribution in [1.29, 1.82) is 0 Å². The summed E-state index contributed by atoms with van der Waals surface area (Å²) in [5.74, 6) is 0. The third-order valence-electron chi connectivity index (χ3n) is 3.24. The van der Waals surface area contributed by atoms with Crippen LogP contribution in [0.4, 0.5) is 0 Å². The first-order valence-corrected chi connectivity index (χ1v) is 8.51. The van der Waals surface area contributed by atoms with Gasteiger partial charge in [-0.15, -0.1) is 5.14 Å². The van der Waals surface area contributed by atoms with Crippen LogP contribution in [0.25, 0.3) is 0 Å². The summed E-state index contributed by atoms with van der Waals surface area (Å²) < 4.78 is 21.7. The van der Waals surface area contributed by atoms with Crippen LogP contribution in [0.15, 0.2) is 0 Å². The third kappa shape index (κ3) is 10.8. The lowest BCUT2D eigenvalue weighted by molar-refractivity contribution is 0.542. The number of unbranched alkanes of at least 4 members (excludes halogenated alkanes) is 8. The van der Waals surface area contributed by atoms with Crippen molar-refractivity contribution in [3.63, 3.8) is 0 Å². The van der Waals surface area contributed by atoms with Gasteiger partial charge in [-0.25, -0.2) is 8.42 Å². The van der Waals surface area contributed by atoms with Gasteiger partial charge in [-0.2, -0.15) is 0 Å². The molecule has 1 radical (unpaired) electrons. The number of hydrogen-bond acceptors (Lipinski definition) is 2. The lowest BCUT2D eigenvalue weighted by Crippen LogP contribution is -2.17. The van der Waals surface area contributed by atoms with Crippen molar-refractivity contribution in [3.05, 3.63) is 0 Å². The van der Waals surface area contributed by atoms with Gasteiger partial charge >= 0.3 is 0 Å². The van der Waals surface area contributed by atoms with Gasteiger partial charge in [-0.1, -0.05) is 64.7 Å². The van der Waals surface area contributed by atoms with Crippen LogP contribution in [0, 0.1) is 0 Å². The fraction of sp³-hybridized carbons (Fsp3) is 1.00. The first-order valence-electron chi connectivity index (χ1n) is 6.97. The molecule has 0 aromatic heterocycles. The van der Waals surface area contributed by atoms with Gasteiger partial charge in [0.15, 0.2) is 0 Å². The summed E-state index contributed by atoms with van der Waals surface area (Å²) in [6.07, 6.45) is 11.8. The summed E-state index contributed by atoms with van der Waals surface area (Å²) >= 11 is 0. The normalized spacial score (nSPS) is 13.8. The van der Waals surface area contributed by atoms with Gasteiger partial charge in [0, 0.05) is 0 Å². The van der Waals surface area contributed by atoms with Crippen LogP contribution < -0.4 is 5.14 Å². The molecule has 0 aromatic rings. The van der Waals surface area contributed by atoms with Crippen molar-refractivity contribution in [2.45, 2.75) is 83.3 Å². The van der Waals surface area contributed by atoms with E-state index in [0.29, 0.717) is 6.42 Å². The highest BCUT2D eigenvalue weighted by Gasteiger charge is 2.15. The van der Waals surface area contributed by atoms with Crippen LogP contribution in [0.1, 0.15) is 78.1 Å². The minimum absolute atomic E-state index is 0.493. The lowest BCUT2D eigenvalue weighted by atomic mass is 10.1. The van der Waals surface area contributed by atoms with Gasteiger partial charge in [-0.3, -0.25) is 0 Å². The van der Waals surface area contributed by atoms with E-state index in [-0.39, 0.29) is 0 Å². The molecule has 3 nitrogen and oxygen atoms in total. The van der Waals surface area contributed by atoms with Crippen LogP contribution >= 0.6 is 0 Å². The molecule has 0 rings (SSSR count). The zero-order chi connectivity index (χ0) is 13.1. The van der Waals surface area contributed by atoms with Crippen molar-refractivity contribution in [1.82, 2.24) is 5.14 Å². The maximum atomic E-state index is 10.9. The van der Waals surface area contributed by atoms with Gasteiger partial charge in [0.25, 0.3) is 0 Å². The summed E-state index contributed by atoms with van der Waals surface area (Å²) in [5, 5.41) is 6.43. The standard InChI is InChI=1S/C13H28NO2S/c1-3-4-5-6-7-8-9-10-11-12-13(2)17(14,15)16/h13-14H,3-12H2,1-2H3. The van der Waals surface area contributed by atoms with Crippen molar-refractivity contribution >= 4 is 10.0 Å². The summed E-state index contributed by atoms with van der Waals surface area (Å²) in [4.78, 5) is 0. The topological polar surface area (TPSA) is 57.9 Å². The summed E-state index contributed by atoms with van der Waals surface area (Å²) in [6, 6.07) is 0. The molecule has 1 N–H and O–H groups in total. The third-order valence-corrected chi connectivity index (χ3v) is 4.54. The highest BCUT2D eigenvalue weighted by molar-refractivity contribution is 7.89. The Balaban J connectivity index is 3.24. The summed E-state index contributed by atoms with van der Waals surface area (Å²) in [7, 11) is -3.56. The molecule has 0 heterocycles. The Morgan fingerprint density at radius 2 is 1.29 bits per heavy atom. The van der Waals surface area contributed by atoms with Gasteiger partial charge in [-0.05, 0) is 13.3 Å². The number of rotatable bonds is 11. The van der Waals surface area contributed by atoms with Crippen molar-refractivity contribution in [3.8, 4) is 0 Å². The van der Waals surface area contributed by atoms with Gasteiger partial charge in [0.2, 0.25) is 10.0 Å². The number of nitrogens with one attached hydrogen (secondary N) is 1. The quantitative estimate of drug-likeness (QED) is 0.530. The zero-order valence-electron chi connectivity index (χ0n) is 11.4. The first-order chi connectivity index (χ1) is 7.98. The van der Waals surface area contributed by atoms with E-state index in [1.54, 1.807) is 6.92 Å². The van der Waals surface area contributed by atoms with Crippen LogP contribution in [-0.4, -0.2) is 13.7 Å². The van der Waals surface area contributed by atoms with Crippen LogP contribution in [-0.2, 0) is 10.0 Å². The predicted octanol–water partition coefficient (Wildman–Crippen LogP) is 3.91. The van der Waals surface area contributed by atoms with E-state index in [0.717, 1.165) is 12.8 Å². The maximum absolute atomic E-state index is 10.9. The van der Waals surface area contributed by atoms with Gasteiger partial charge in [0.1, 0.15) is 0 Å².